The molecule has 0 saturated heterocycles. The summed E-state index contributed by atoms with van der Waals surface area (Å²) in [6, 6.07) is 22.8. The highest BCUT2D eigenvalue weighted by molar-refractivity contribution is 6.99. The van der Waals surface area contributed by atoms with E-state index in [1.807, 2.05) is 73.8 Å². The zero-order chi connectivity index (χ0) is 43.0. The molecule has 3 aromatic rings. The molecule has 57 heavy (non-hydrogen) atoms. The fraction of sp³-hybridized carbons (Fsp3) is 0.512. The summed E-state index contributed by atoms with van der Waals surface area (Å²) < 4.78 is 14.4. The monoisotopic (exact) mass is 820 g/mol. The number of carbonyl (C=O) groups is 3. The van der Waals surface area contributed by atoms with Crippen LogP contribution in [0.1, 0.15) is 72.7 Å². The molecule has 1 saturated carbocycles. The quantitative estimate of drug-likeness (QED) is 0.0923. The van der Waals surface area contributed by atoms with Crippen molar-refractivity contribution in [2.75, 3.05) is 26.0 Å². The fourth-order valence-corrected chi connectivity index (χ4v) is 14.2. The number of rotatable bonds is 13. The number of ketones is 1. The summed E-state index contributed by atoms with van der Waals surface area (Å²) in [7, 11) is -3.08. The van der Waals surface area contributed by atoms with Crippen LogP contribution in [-0.2, 0) is 8.85 Å². The van der Waals surface area contributed by atoms with Gasteiger partial charge in [0.15, 0.2) is 14.1 Å². The number of carbonyl (C=O) groups excluding carboxylic acids is 2. The molecular weight excluding hydrogens is 757 g/mol. The Morgan fingerprint density at radius 2 is 1.37 bits per heavy atom. The van der Waals surface area contributed by atoms with Crippen LogP contribution in [0.3, 0.4) is 0 Å². The molecule has 14 heteroatoms. The zero-order valence-electron chi connectivity index (χ0n) is 35.9. The van der Waals surface area contributed by atoms with E-state index in [-0.39, 0.29) is 10.8 Å². The summed E-state index contributed by atoms with van der Waals surface area (Å²) in [5.41, 5.74) is -6.05. The first-order chi connectivity index (χ1) is 26.2. The van der Waals surface area contributed by atoms with E-state index in [1.165, 1.54) is 32.8 Å². The maximum absolute atomic E-state index is 14.0. The van der Waals surface area contributed by atoms with Gasteiger partial charge in [0.2, 0.25) is 0 Å². The Bertz CT molecular complexity index is 1860. The molecule has 4 rings (SSSR count). The molecule has 3 amide bonds. The van der Waals surface area contributed by atoms with Crippen LogP contribution in [-0.4, -0.2) is 110 Å². The van der Waals surface area contributed by atoms with Crippen molar-refractivity contribution in [2.24, 2.45) is 0 Å². The molecule has 1 fully saturated rings. The third-order valence-corrected chi connectivity index (χ3v) is 22.0. The predicted octanol–water partition coefficient (Wildman–Crippen LogP) is 5.80. The smallest absolute Gasteiger partial charge is 0.405 e. The number of hydrogen-bond donors (Lipinski definition) is 6. The molecule has 6 atom stereocenters. The van der Waals surface area contributed by atoms with Crippen molar-refractivity contribution in [3.05, 3.63) is 90.5 Å². The lowest BCUT2D eigenvalue weighted by Crippen LogP contribution is -2.78. The summed E-state index contributed by atoms with van der Waals surface area (Å²) in [5, 5.41) is 47.7. The van der Waals surface area contributed by atoms with E-state index in [2.05, 4.69) is 57.5 Å². The topological polar surface area (TPSA) is 170 Å². The molecular formula is C43H64N4O8Si2. The van der Waals surface area contributed by atoms with Crippen LogP contribution in [0.15, 0.2) is 84.9 Å². The number of aliphatic hydroxyl groups is 2. The van der Waals surface area contributed by atoms with Crippen LogP contribution < -0.4 is 26.3 Å². The summed E-state index contributed by atoms with van der Waals surface area (Å²) in [6.07, 6.45) is -2.55. The number of anilines is 1. The highest BCUT2D eigenvalue weighted by Crippen LogP contribution is 2.53. The minimum atomic E-state index is -3.41. The van der Waals surface area contributed by atoms with Gasteiger partial charge in [-0.3, -0.25) is 4.79 Å². The van der Waals surface area contributed by atoms with E-state index in [9.17, 15) is 29.7 Å². The maximum Gasteiger partial charge on any atom is 0.405 e. The van der Waals surface area contributed by atoms with Gasteiger partial charge in [0, 0.05) is 25.3 Å². The fourth-order valence-electron chi connectivity index (χ4n) is 8.20. The molecule has 0 radical (unpaired) electrons. The summed E-state index contributed by atoms with van der Waals surface area (Å²) in [6.45, 7) is 20.5. The highest BCUT2D eigenvalue weighted by Gasteiger charge is 2.78. The Kier molecular flexibility index (Phi) is 13.1. The van der Waals surface area contributed by atoms with Gasteiger partial charge in [-0.05, 0) is 66.4 Å². The average molecular weight is 821 g/mol. The van der Waals surface area contributed by atoms with Gasteiger partial charge in [0.1, 0.15) is 16.7 Å². The minimum absolute atomic E-state index is 0.202. The zero-order valence-corrected chi connectivity index (χ0v) is 37.9. The van der Waals surface area contributed by atoms with Gasteiger partial charge < -0.3 is 45.0 Å². The van der Waals surface area contributed by atoms with E-state index < -0.39 is 75.3 Å². The van der Waals surface area contributed by atoms with Crippen LogP contribution in [0.25, 0.3) is 0 Å². The van der Waals surface area contributed by atoms with Gasteiger partial charge in [0.25, 0.3) is 8.32 Å². The number of benzene rings is 3. The van der Waals surface area contributed by atoms with E-state index in [0.29, 0.717) is 11.3 Å². The number of carboxylic acid groups (broad SMARTS) is 1. The number of amides is 3. The van der Waals surface area contributed by atoms with Crippen molar-refractivity contribution >= 4 is 50.6 Å². The molecule has 1 aliphatic carbocycles. The lowest BCUT2D eigenvalue weighted by atomic mass is 9.73. The molecule has 0 bridgehead atoms. The standard InChI is InChI=1S/C43H64N4O8Si2/c1-29(48)31-21-20-22-32(27-31)44-35-36(45-38(50)51)43(46-37(49)47(10)11,30(2)55-56(12,13)39(3,4)5)41(9,52)42(35,53)28-54-57(40(6,7)8,33-23-16-14-17-24-33)34-25-18-15-19-26-34/h14-27,30,35-36,44-45,52-53H,28H2,1-13H3,(H,46,49)(H,50,51)/t30-,35-,36-,41-,42+,43-/m0/s1. The highest BCUT2D eigenvalue weighted by atomic mass is 28.4. The summed E-state index contributed by atoms with van der Waals surface area (Å²) >= 11 is 0. The number of nitrogens with zero attached hydrogens (tertiary/aromatic N) is 1. The first-order valence-electron chi connectivity index (χ1n) is 19.4. The molecule has 0 unspecified atom stereocenters. The van der Waals surface area contributed by atoms with E-state index in [4.69, 9.17) is 8.85 Å². The van der Waals surface area contributed by atoms with Crippen molar-refractivity contribution in [3.63, 3.8) is 0 Å². The average Bonchev–Trinajstić information content (AvgIpc) is 3.23. The second-order valence-electron chi connectivity index (χ2n) is 18.3. The number of Topliss-reactive ketones (excluding diaryl/α,β-unsaturated/α-hetero) is 1. The Morgan fingerprint density at radius 1 is 0.842 bits per heavy atom. The van der Waals surface area contributed by atoms with E-state index in [0.717, 1.165) is 10.4 Å². The Labute approximate surface area is 340 Å². The Morgan fingerprint density at radius 3 is 1.81 bits per heavy atom. The van der Waals surface area contributed by atoms with Crippen molar-refractivity contribution < 1.29 is 38.6 Å². The van der Waals surface area contributed by atoms with Gasteiger partial charge >= 0.3 is 12.1 Å². The molecule has 1 aliphatic rings. The summed E-state index contributed by atoms with van der Waals surface area (Å²) in [4.78, 5) is 40.8. The first kappa shape index (κ1) is 45.6. The third kappa shape index (κ3) is 8.30. The molecule has 0 aromatic heterocycles. The molecule has 0 spiro atoms. The molecule has 0 aliphatic heterocycles. The molecule has 312 valence electrons. The van der Waals surface area contributed by atoms with Crippen LogP contribution in [0, 0.1) is 0 Å². The molecule has 3 aromatic carbocycles. The second kappa shape index (κ2) is 16.3. The van der Waals surface area contributed by atoms with Gasteiger partial charge in [-0.25, -0.2) is 9.59 Å². The SMILES string of the molecule is CC(=O)c1cccc(N[C@H]2[C@H](NC(=O)O)[C@@](NC(=O)N(C)C)([C@H](C)O[Si](C)(C)C(C)(C)C)[C@@](C)(O)[C@@]2(O)CO[Si](c2ccccc2)(c2ccccc2)C(C)(C)C)c1. The largest absolute Gasteiger partial charge is 0.465 e. The number of hydrogen-bond acceptors (Lipinski definition) is 8. The number of urea groups is 1. The molecule has 12 nitrogen and oxygen atoms in total. The third-order valence-electron chi connectivity index (χ3n) is 12.4. The minimum Gasteiger partial charge on any atom is -0.465 e. The maximum atomic E-state index is 14.0. The van der Waals surface area contributed by atoms with Crippen LogP contribution in [0.2, 0.25) is 23.2 Å². The normalized spacial score (nSPS) is 24.7. The van der Waals surface area contributed by atoms with Gasteiger partial charge in [-0.2, -0.15) is 0 Å². The summed E-state index contributed by atoms with van der Waals surface area (Å²) in [5.74, 6) is -0.202. The lowest BCUT2D eigenvalue weighted by molar-refractivity contribution is -0.182. The van der Waals surface area contributed by atoms with Crippen LogP contribution in [0.4, 0.5) is 15.3 Å². The predicted molar refractivity (Wildman–Crippen MR) is 231 cm³/mol. The van der Waals surface area contributed by atoms with E-state index in [1.54, 1.807) is 31.2 Å². The van der Waals surface area contributed by atoms with Gasteiger partial charge in [0.05, 0.1) is 24.8 Å². The van der Waals surface area contributed by atoms with Gasteiger partial charge in [-0.15, -0.1) is 0 Å². The lowest BCUT2D eigenvalue weighted by Gasteiger charge is -2.53. The van der Waals surface area contributed by atoms with Crippen LogP contribution in [0.5, 0.6) is 0 Å². The Balaban J connectivity index is 2.11. The second-order valence-corrected chi connectivity index (χ2v) is 27.4. The van der Waals surface area contributed by atoms with Gasteiger partial charge in [-0.1, -0.05) is 114 Å². The van der Waals surface area contributed by atoms with Crippen molar-refractivity contribution in [1.82, 2.24) is 15.5 Å². The van der Waals surface area contributed by atoms with E-state index >= 15 is 0 Å². The molecule has 6 N–H and O–H groups in total. The Hall–Kier alpha value is -4.06. The van der Waals surface area contributed by atoms with Crippen LogP contribution >= 0.6 is 0 Å². The number of nitrogens with one attached hydrogen (secondary N) is 3. The van der Waals surface area contributed by atoms with Crippen molar-refractivity contribution in [2.45, 2.75) is 120 Å². The molecule has 0 heterocycles. The first-order valence-corrected chi connectivity index (χ1v) is 24.3. The van der Waals surface area contributed by atoms with Crippen molar-refractivity contribution in [3.8, 4) is 0 Å². The van der Waals surface area contributed by atoms with Crippen molar-refractivity contribution in [1.29, 1.82) is 0 Å².